The third kappa shape index (κ3) is 4.12. The summed E-state index contributed by atoms with van der Waals surface area (Å²) in [6, 6.07) is 6.03. The molecule has 23 heavy (non-hydrogen) atoms. The van der Waals surface area contributed by atoms with Crippen LogP contribution in [0, 0.1) is 0 Å². The van der Waals surface area contributed by atoms with Crippen LogP contribution in [0.15, 0.2) is 30.3 Å². The van der Waals surface area contributed by atoms with Crippen LogP contribution in [0.2, 0.25) is 0 Å². The minimum atomic E-state index is -4.46. The Morgan fingerprint density at radius 2 is 2.04 bits per heavy atom. The van der Waals surface area contributed by atoms with Crippen molar-refractivity contribution < 1.29 is 18.0 Å². The van der Waals surface area contributed by atoms with Crippen molar-refractivity contribution >= 4 is 5.91 Å². The number of carbonyl (C=O) groups excluding carboxylic acids is 1. The first kappa shape index (κ1) is 17.1. The van der Waals surface area contributed by atoms with E-state index in [-0.39, 0.29) is 11.3 Å². The molecule has 0 bridgehead atoms. The number of nitrogens with one attached hydrogen (secondary N) is 2. The molecule has 2 rings (SSSR count). The first-order chi connectivity index (χ1) is 10.8. The quantitative estimate of drug-likeness (QED) is 0.877. The number of carbonyl (C=O) groups is 1. The van der Waals surface area contributed by atoms with Gasteiger partial charge in [0.15, 0.2) is 0 Å². The van der Waals surface area contributed by atoms with Gasteiger partial charge in [0.05, 0.1) is 11.6 Å². The third-order valence-corrected chi connectivity index (χ3v) is 3.46. The molecule has 1 aromatic heterocycles. The maximum absolute atomic E-state index is 13.0. The fraction of sp³-hybridized carbons (Fsp3) is 0.375. The summed E-state index contributed by atoms with van der Waals surface area (Å²) in [5, 5.41) is 9.20. The Labute approximate surface area is 132 Å². The van der Waals surface area contributed by atoms with Crippen LogP contribution in [-0.4, -0.2) is 16.1 Å². The van der Waals surface area contributed by atoms with Crippen molar-refractivity contribution in [3.8, 4) is 0 Å². The van der Waals surface area contributed by atoms with Gasteiger partial charge in [0.25, 0.3) is 5.91 Å². The molecule has 1 amide bonds. The van der Waals surface area contributed by atoms with E-state index in [1.165, 1.54) is 25.1 Å². The number of rotatable bonds is 5. The molecule has 0 saturated carbocycles. The Morgan fingerprint density at radius 1 is 1.35 bits per heavy atom. The van der Waals surface area contributed by atoms with Crippen molar-refractivity contribution in [2.75, 3.05) is 0 Å². The van der Waals surface area contributed by atoms with E-state index in [1.54, 1.807) is 6.07 Å². The molecule has 7 heteroatoms. The Balaban J connectivity index is 2.15. The second-order valence-corrected chi connectivity index (χ2v) is 5.31. The maximum Gasteiger partial charge on any atom is 0.416 e. The number of H-pyrrole nitrogens is 1. The minimum Gasteiger partial charge on any atom is -0.344 e. The number of aromatic amines is 1. The van der Waals surface area contributed by atoms with Gasteiger partial charge in [-0.2, -0.15) is 18.3 Å². The van der Waals surface area contributed by atoms with Crippen LogP contribution in [-0.2, 0) is 12.6 Å². The van der Waals surface area contributed by atoms with Crippen molar-refractivity contribution in [3.05, 3.63) is 52.8 Å². The van der Waals surface area contributed by atoms with Gasteiger partial charge >= 0.3 is 6.18 Å². The molecule has 1 atom stereocenters. The van der Waals surface area contributed by atoms with Crippen LogP contribution < -0.4 is 5.32 Å². The van der Waals surface area contributed by atoms with Crippen LogP contribution in [0.4, 0.5) is 13.2 Å². The van der Waals surface area contributed by atoms with Gasteiger partial charge in [0.2, 0.25) is 0 Å². The topological polar surface area (TPSA) is 57.8 Å². The van der Waals surface area contributed by atoms with E-state index in [0.29, 0.717) is 0 Å². The van der Waals surface area contributed by atoms with E-state index in [2.05, 4.69) is 15.5 Å². The number of hydrogen-bond donors (Lipinski definition) is 2. The summed E-state index contributed by atoms with van der Waals surface area (Å²) in [7, 11) is 0. The number of halogens is 3. The molecule has 2 aromatic rings. The zero-order valence-corrected chi connectivity index (χ0v) is 12.9. The third-order valence-electron chi connectivity index (χ3n) is 3.46. The van der Waals surface area contributed by atoms with Gasteiger partial charge in [0.1, 0.15) is 5.69 Å². The normalized spacial score (nSPS) is 12.9. The number of benzene rings is 1. The van der Waals surface area contributed by atoms with Gasteiger partial charge in [-0.3, -0.25) is 9.89 Å². The summed E-state index contributed by atoms with van der Waals surface area (Å²) in [6.45, 7) is 3.51. The Morgan fingerprint density at radius 3 is 2.70 bits per heavy atom. The van der Waals surface area contributed by atoms with Gasteiger partial charge in [-0.1, -0.05) is 31.5 Å². The van der Waals surface area contributed by atoms with E-state index in [4.69, 9.17) is 0 Å². The van der Waals surface area contributed by atoms with Crippen LogP contribution in [0.3, 0.4) is 0 Å². The van der Waals surface area contributed by atoms with Crippen molar-refractivity contribution in [1.29, 1.82) is 0 Å². The van der Waals surface area contributed by atoms with Crippen LogP contribution in [0.1, 0.15) is 53.6 Å². The lowest BCUT2D eigenvalue weighted by atomic mass is 10.0. The van der Waals surface area contributed by atoms with E-state index in [9.17, 15) is 18.0 Å². The molecule has 2 N–H and O–H groups in total. The Kier molecular flexibility index (Phi) is 5.08. The largest absolute Gasteiger partial charge is 0.416 e. The molecule has 1 aromatic carbocycles. The average molecular weight is 325 g/mol. The lowest BCUT2D eigenvalue weighted by molar-refractivity contribution is -0.138. The summed E-state index contributed by atoms with van der Waals surface area (Å²) in [4.78, 5) is 12.1. The summed E-state index contributed by atoms with van der Waals surface area (Å²) >= 11 is 0. The smallest absolute Gasteiger partial charge is 0.344 e. The highest BCUT2D eigenvalue weighted by atomic mass is 19.4. The molecule has 0 aliphatic carbocycles. The van der Waals surface area contributed by atoms with Crippen molar-refractivity contribution in [2.24, 2.45) is 0 Å². The molecular weight excluding hydrogens is 307 g/mol. The van der Waals surface area contributed by atoms with Gasteiger partial charge < -0.3 is 5.32 Å². The summed E-state index contributed by atoms with van der Waals surface area (Å²) in [6.07, 6.45) is -2.80. The summed E-state index contributed by atoms with van der Waals surface area (Å²) < 4.78 is 39.1. The van der Waals surface area contributed by atoms with E-state index in [0.717, 1.165) is 24.6 Å². The standard InChI is InChI=1S/C16H18F3N3O/c1-3-6-11-9-14(22-21-11)15(23)20-10(2)12-7-4-5-8-13(12)16(17,18)19/h4-5,7-10H,3,6H2,1-2H3,(H,20,23)(H,21,22)/t10-/m0/s1. The predicted octanol–water partition coefficient (Wildman–Crippen LogP) is 3.87. The highest BCUT2D eigenvalue weighted by Gasteiger charge is 2.34. The molecule has 0 aliphatic rings. The SMILES string of the molecule is CCCc1cc(C(=O)N[C@@H](C)c2ccccc2C(F)(F)F)n[nH]1. The lowest BCUT2D eigenvalue weighted by Gasteiger charge is -2.19. The molecule has 0 spiro atoms. The Hall–Kier alpha value is -2.31. The fourth-order valence-corrected chi connectivity index (χ4v) is 2.36. The van der Waals surface area contributed by atoms with Crippen LogP contribution in [0.5, 0.6) is 0 Å². The molecule has 1 heterocycles. The fourth-order valence-electron chi connectivity index (χ4n) is 2.36. The second-order valence-electron chi connectivity index (χ2n) is 5.31. The zero-order valence-electron chi connectivity index (χ0n) is 12.9. The molecular formula is C16H18F3N3O. The zero-order chi connectivity index (χ0) is 17.0. The van der Waals surface area contributed by atoms with Gasteiger partial charge in [0, 0.05) is 5.69 Å². The number of alkyl halides is 3. The highest BCUT2D eigenvalue weighted by molar-refractivity contribution is 5.92. The number of nitrogens with zero attached hydrogens (tertiary/aromatic N) is 1. The maximum atomic E-state index is 13.0. The monoisotopic (exact) mass is 325 g/mol. The van der Waals surface area contributed by atoms with Crippen molar-refractivity contribution in [1.82, 2.24) is 15.5 Å². The van der Waals surface area contributed by atoms with Crippen molar-refractivity contribution in [2.45, 2.75) is 38.9 Å². The number of aryl methyl sites for hydroxylation is 1. The van der Waals surface area contributed by atoms with E-state index >= 15 is 0 Å². The van der Waals surface area contributed by atoms with Crippen LogP contribution in [0.25, 0.3) is 0 Å². The van der Waals surface area contributed by atoms with Gasteiger partial charge in [-0.05, 0) is 31.0 Å². The number of aromatic nitrogens is 2. The molecule has 0 saturated heterocycles. The molecule has 4 nitrogen and oxygen atoms in total. The second kappa shape index (κ2) is 6.85. The molecule has 0 unspecified atom stereocenters. The van der Waals surface area contributed by atoms with Gasteiger partial charge in [-0.15, -0.1) is 0 Å². The first-order valence-corrected chi connectivity index (χ1v) is 7.34. The minimum absolute atomic E-state index is 0.0256. The highest BCUT2D eigenvalue weighted by Crippen LogP contribution is 2.34. The van der Waals surface area contributed by atoms with E-state index < -0.39 is 23.7 Å². The summed E-state index contributed by atoms with van der Waals surface area (Å²) in [5.41, 5.74) is 0.268. The first-order valence-electron chi connectivity index (χ1n) is 7.34. The lowest BCUT2D eigenvalue weighted by Crippen LogP contribution is -2.28. The molecule has 0 aliphatic heterocycles. The number of hydrogen-bond acceptors (Lipinski definition) is 2. The van der Waals surface area contributed by atoms with Crippen LogP contribution >= 0.6 is 0 Å². The number of amides is 1. The Bertz CT molecular complexity index is 679. The van der Waals surface area contributed by atoms with E-state index in [1.807, 2.05) is 6.92 Å². The molecule has 0 fully saturated rings. The summed E-state index contributed by atoms with van der Waals surface area (Å²) in [5.74, 6) is -0.506. The van der Waals surface area contributed by atoms with Gasteiger partial charge in [-0.25, -0.2) is 0 Å². The molecule has 0 radical (unpaired) electrons. The predicted molar refractivity (Wildman–Crippen MR) is 79.9 cm³/mol. The average Bonchev–Trinajstić information content (AvgIpc) is 2.95. The van der Waals surface area contributed by atoms with Crippen molar-refractivity contribution in [3.63, 3.8) is 0 Å². The molecule has 124 valence electrons.